The van der Waals surface area contributed by atoms with E-state index < -0.39 is 30.1 Å². The summed E-state index contributed by atoms with van der Waals surface area (Å²) in [7, 11) is 0. The van der Waals surface area contributed by atoms with E-state index in [0.29, 0.717) is 16.9 Å². The summed E-state index contributed by atoms with van der Waals surface area (Å²) in [6.07, 6.45) is -8.48. The van der Waals surface area contributed by atoms with E-state index in [4.69, 9.17) is 0 Å². The number of aryl methyl sites for hydroxylation is 1. The Kier molecular flexibility index (Phi) is 5.21. The Bertz CT molecular complexity index is 1070. The lowest BCUT2D eigenvalue weighted by Crippen LogP contribution is -2.17. The maximum absolute atomic E-state index is 12.6. The highest BCUT2D eigenvalue weighted by molar-refractivity contribution is 7.18. The zero-order valence-corrected chi connectivity index (χ0v) is 14.9. The number of oxime groups is 1. The molecule has 0 fully saturated rings. The molecule has 2 heterocycles. The maximum atomic E-state index is 12.6. The Morgan fingerprint density at radius 1 is 1.17 bits per heavy atom. The summed E-state index contributed by atoms with van der Waals surface area (Å²) in [4.78, 5) is 19.8. The number of ether oxygens (including phenoxy) is 1. The molecule has 0 unspecified atom stereocenters. The lowest BCUT2D eigenvalue weighted by atomic mass is 10.2. The van der Waals surface area contributed by atoms with Crippen LogP contribution in [0, 0.1) is 6.92 Å². The third-order valence-corrected chi connectivity index (χ3v) is 4.42. The van der Waals surface area contributed by atoms with E-state index in [2.05, 4.69) is 24.8 Å². The molecule has 154 valence electrons. The molecule has 0 spiro atoms. The lowest BCUT2D eigenvalue weighted by Gasteiger charge is -2.08. The summed E-state index contributed by atoms with van der Waals surface area (Å²) in [5.74, 6) is -2.72. The SMILES string of the molecule is Cc1c(C(=O)O/N=C\c2ccc(OC(F)(F)F)cc2)sc2nc(C(F)(F)F)nn12. The Hall–Kier alpha value is -3.16. The molecule has 29 heavy (non-hydrogen) atoms. The minimum absolute atomic E-state index is 0.0557. The van der Waals surface area contributed by atoms with Crippen molar-refractivity contribution < 1.29 is 40.7 Å². The van der Waals surface area contributed by atoms with Crippen LogP contribution in [-0.2, 0) is 11.0 Å². The van der Waals surface area contributed by atoms with E-state index in [0.717, 1.165) is 22.9 Å². The third kappa shape index (κ3) is 4.82. The van der Waals surface area contributed by atoms with Crippen molar-refractivity contribution in [1.82, 2.24) is 14.6 Å². The summed E-state index contributed by atoms with van der Waals surface area (Å²) in [5, 5.41) is 6.71. The first kappa shape index (κ1) is 20.6. The molecule has 7 nitrogen and oxygen atoms in total. The van der Waals surface area contributed by atoms with Crippen molar-refractivity contribution in [1.29, 1.82) is 0 Å². The van der Waals surface area contributed by atoms with Gasteiger partial charge in [0.15, 0.2) is 0 Å². The predicted molar refractivity (Wildman–Crippen MR) is 86.7 cm³/mol. The van der Waals surface area contributed by atoms with Crippen LogP contribution in [0.5, 0.6) is 5.75 Å². The van der Waals surface area contributed by atoms with Crippen LogP contribution >= 0.6 is 11.3 Å². The second kappa shape index (κ2) is 7.35. The lowest BCUT2D eigenvalue weighted by molar-refractivity contribution is -0.274. The molecule has 0 aliphatic rings. The number of halogens is 6. The van der Waals surface area contributed by atoms with E-state index in [1.54, 1.807) is 0 Å². The van der Waals surface area contributed by atoms with Crippen molar-refractivity contribution in [3.8, 4) is 5.75 Å². The van der Waals surface area contributed by atoms with E-state index in [1.807, 2.05) is 0 Å². The number of benzene rings is 1. The Balaban J connectivity index is 1.67. The van der Waals surface area contributed by atoms with Gasteiger partial charge in [0.1, 0.15) is 10.6 Å². The molecule has 3 rings (SSSR count). The topological polar surface area (TPSA) is 78.1 Å². The molecular weight excluding hydrogens is 430 g/mol. The number of carbonyl (C=O) groups excluding carboxylic acids is 1. The average Bonchev–Trinajstić information content (AvgIpc) is 3.15. The molecule has 0 N–H and O–H groups in total. The monoisotopic (exact) mass is 438 g/mol. The van der Waals surface area contributed by atoms with Gasteiger partial charge in [0.05, 0.1) is 11.9 Å². The molecule has 0 saturated carbocycles. The highest BCUT2D eigenvalue weighted by Crippen LogP contribution is 2.30. The zero-order chi connectivity index (χ0) is 21.4. The Morgan fingerprint density at radius 2 is 1.83 bits per heavy atom. The van der Waals surface area contributed by atoms with Gasteiger partial charge in [-0.2, -0.15) is 18.2 Å². The van der Waals surface area contributed by atoms with Gasteiger partial charge >= 0.3 is 18.5 Å². The van der Waals surface area contributed by atoms with Gasteiger partial charge in [-0.1, -0.05) is 16.5 Å². The fourth-order valence-electron chi connectivity index (χ4n) is 2.09. The molecule has 14 heteroatoms. The predicted octanol–water partition coefficient (Wildman–Crippen LogP) is 4.21. The van der Waals surface area contributed by atoms with Gasteiger partial charge in [0, 0.05) is 0 Å². The molecule has 1 aromatic carbocycles. The molecule has 0 aliphatic heterocycles. The molecule has 0 bridgehead atoms. The van der Waals surface area contributed by atoms with Crippen molar-refractivity contribution in [3.63, 3.8) is 0 Å². The largest absolute Gasteiger partial charge is 0.573 e. The van der Waals surface area contributed by atoms with Crippen molar-refractivity contribution in [3.05, 3.63) is 46.2 Å². The molecule has 0 atom stereocenters. The fourth-order valence-corrected chi connectivity index (χ4v) is 3.02. The molecule has 3 aromatic rings. The number of fused-ring (bicyclic) bond motifs is 1. The van der Waals surface area contributed by atoms with Crippen molar-refractivity contribution in [2.24, 2.45) is 5.16 Å². The van der Waals surface area contributed by atoms with Crippen molar-refractivity contribution in [2.45, 2.75) is 19.5 Å². The second-order valence-electron chi connectivity index (χ2n) is 5.37. The molecule has 0 amide bonds. The summed E-state index contributed by atoms with van der Waals surface area (Å²) in [6, 6.07) is 4.56. The minimum atomic E-state index is -4.82. The fraction of sp³-hybridized carbons (Fsp3) is 0.200. The van der Waals surface area contributed by atoms with Crippen molar-refractivity contribution >= 4 is 28.5 Å². The van der Waals surface area contributed by atoms with Crippen LogP contribution in [0.25, 0.3) is 4.96 Å². The Morgan fingerprint density at radius 3 is 2.38 bits per heavy atom. The molecule has 0 saturated heterocycles. The number of aromatic nitrogens is 3. The number of hydrogen-bond acceptors (Lipinski definition) is 7. The van der Waals surface area contributed by atoms with E-state index in [1.165, 1.54) is 19.1 Å². The summed E-state index contributed by atoms with van der Waals surface area (Å²) < 4.78 is 78.7. The van der Waals surface area contributed by atoms with Crippen LogP contribution in [0.2, 0.25) is 0 Å². The van der Waals surface area contributed by atoms with E-state index >= 15 is 0 Å². The van der Waals surface area contributed by atoms with E-state index in [9.17, 15) is 31.1 Å². The number of thiazole rings is 1. The highest BCUT2D eigenvalue weighted by Gasteiger charge is 2.37. The normalized spacial score (nSPS) is 12.7. The average molecular weight is 438 g/mol. The van der Waals surface area contributed by atoms with Crippen LogP contribution in [0.15, 0.2) is 29.4 Å². The van der Waals surface area contributed by atoms with Crippen LogP contribution < -0.4 is 4.74 Å². The van der Waals surface area contributed by atoms with Gasteiger partial charge in [-0.25, -0.2) is 9.31 Å². The minimum Gasteiger partial charge on any atom is -0.406 e. The van der Waals surface area contributed by atoms with Gasteiger partial charge in [-0.05, 0) is 36.8 Å². The van der Waals surface area contributed by atoms with E-state index in [-0.39, 0.29) is 15.5 Å². The quantitative estimate of drug-likeness (QED) is 0.264. The first-order chi connectivity index (χ1) is 13.4. The summed E-state index contributed by atoms with van der Waals surface area (Å²) in [6.45, 7) is 1.36. The first-order valence-electron chi connectivity index (χ1n) is 7.48. The smallest absolute Gasteiger partial charge is 0.406 e. The van der Waals surface area contributed by atoms with Crippen molar-refractivity contribution in [2.75, 3.05) is 0 Å². The highest BCUT2D eigenvalue weighted by atomic mass is 32.1. The first-order valence-corrected chi connectivity index (χ1v) is 8.29. The second-order valence-corrected chi connectivity index (χ2v) is 6.35. The summed E-state index contributed by atoms with van der Waals surface area (Å²) in [5.41, 5.74) is 0.392. The number of hydrogen-bond donors (Lipinski definition) is 0. The standard InChI is InChI=1S/C15H8F6N4O3S/c1-7-10(29-13-23-12(14(16,17)18)24-25(7)13)11(26)28-22-6-8-2-4-9(5-3-8)27-15(19,20)21/h2-6H,1H3/b22-6-. The Labute approximate surface area is 161 Å². The van der Waals surface area contributed by atoms with Gasteiger partial charge in [-0.15, -0.1) is 18.3 Å². The number of carbonyl (C=O) groups is 1. The van der Waals surface area contributed by atoms with Gasteiger partial charge < -0.3 is 9.57 Å². The molecular formula is C15H8F6N4O3S. The molecule has 0 aliphatic carbocycles. The zero-order valence-electron chi connectivity index (χ0n) is 14.1. The summed E-state index contributed by atoms with van der Waals surface area (Å²) >= 11 is 0.640. The number of nitrogens with zero attached hydrogens (tertiary/aromatic N) is 4. The van der Waals surface area contributed by atoms with Crippen LogP contribution in [0.4, 0.5) is 26.3 Å². The van der Waals surface area contributed by atoms with Gasteiger partial charge in [-0.3, -0.25) is 0 Å². The third-order valence-electron chi connectivity index (χ3n) is 3.31. The van der Waals surface area contributed by atoms with Crippen LogP contribution in [0.3, 0.4) is 0 Å². The number of rotatable bonds is 4. The maximum Gasteiger partial charge on any atom is 0.573 e. The van der Waals surface area contributed by atoms with Gasteiger partial charge in [0.2, 0.25) is 4.96 Å². The number of alkyl halides is 6. The molecule has 2 aromatic heterocycles. The van der Waals surface area contributed by atoms with Crippen LogP contribution in [0.1, 0.15) is 26.8 Å². The van der Waals surface area contributed by atoms with Crippen LogP contribution in [-0.4, -0.2) is 33.1 Å². The molecule has 0 radical (unpaired) electrons. The van der Waals surface area contributed by atoms with Gasteiger partial charge in [0.25, 0.3) is 5.82 Å².